The minimum atomic E-state index is 0.151. The second-order valence-corrected chi connectivity index (χ2v) is 6.46. The highest BCUT2D eigenvalue weighted by Crippen LogP contribution is 2.21. The van der Waals surface area contributed by atoms with Crippen LogP contribution in [0.25, 0.3) is 0 Å². The molecule has 1 aliphatic heterocycles. The van der Waals surface area contributed by atoms with E-state index in [0.717, 1.165) is 43.1 Å². The minimum Gasteiger partial charge on any atom is -0.497 e. The van der Waals surface area contributed by atoms with E-state index in [1.807, 2.05) is 60.6 Å². The number of anilines is 1. The summed E-state index contributed by atoms with van der Waals surface area (Å²) in [5.74, 6) is 1.95. The fourth-order valence-corrected chi connectivity index (χ4v) is 3.27. The summed E-state index contributed by atoms with van der Waals surface area (Å²) < 4.78 is 5.16. The normalized spacial score (nSPS) is 17.2. The van der Waals surface area contributed by atoms with Gasteiger partial charge < -0.3 is 14.5 Å². The van der Waals surface area contributed by atoms with Crippen molar-refractivity contribution in [1.29, 1.82) is 0 Å². The quantitative estimate of drug-likeness (QED) is 0.840. The van der Waals surface area contributed by atoms with Crippen LogP contribution in [0.4, 0.5) is 5.82 Å². The molecule has 1 fully saturated rings. The van der Waals surface area contributed by atoms with Crippen molar-refractivity contribution >= 4 is 11.7 Å². The first-order valence-electron chi connectivity index (χ1n) is 8.72. The van der Waals surface area contributed by atoms with Gasteiger partial charge in [0.15, 0.2) is 0 Å². The number of methoxy groups -OCH3 is 1. The summed E-state index contributed by atoms with van der Waals surface area (Å²) >= 11 is 0. The lowest BCUT2D eigenvalue weighted by Crippen LogP contribution is -2.49. The van der Waals surface area contributed by atoms with E-state index in [-0.39, 0.29) is 11.9 Å². The molecular formula is C20H25N3O2. The Morgan fingerprint density at radius 3 is 2.76 bits per heavy atom. The largest absolute Gasteiger partial charge is 0.497 e. The molecule has 0 radical (unpaired) electrons. The van der Waals surface area contributed by atoms with Crippen LogP contribution >= 0.6 is 0 Å². The van der Waals surface area contributed by atoms with Gasteiger partial charge in [-0.05, 0) is 42.7 Å². The van der Waals surface area contributed by atoms with Crippen molar-refractivity contribution in [3.8, 4) is 5.75 Å². The van der Waals surface area contributed by atoms with Gasteiger partial charge in [0.05, 0.1) is 13.5 Å². The van der Waals surface area contributed by atoms with Crippen LogP contribution in [0.1, 0.15) is 18.4 Å². The molecule has 1 amide bonds. The number of hydrogen-bond donors (Lipinski definition) is 0. The molecule has 1 aliphatic rings. The number of ether oxygens (including phenoxy) is 1. The third-order valence-electron chi connectivity index (χ3n) is 4.83. The van der Waals surface area contributed by atoms with Gasteiger partial charge in [-0.2, -0.15) is 0 Å². The van der Waals surface area contributed by atoms with E-state index in [0.29, 0.717) is 6.42 Å². The number of piperidine rings is 1. The Morgan fingerprint density at radius 2 is 2.08 bits per heavy atom. The molecule has 0 N–H and O–H groups in total. The van der Waals surface area contributed by atoms with Crippen LogP contribution in [0.2, 0.25) is 0 Å². The Bertz CT molecular complexity index is 688. The number of rotatable bonds is 5. The Labute approximate surface area is 149 Å². The van der Waals surface area contributed by atoms with E-state index < -0.39 is 0 Å². The molecule has 132 valence electrons. The number of carbonyl (C=O) groups is 1. The molecule has 5 heteroatoms. The lowest BCUT2D eigenvalue weighted by atomic mass is 10.0. The van der Waals surface area contributed by atoms with E-state index in [9.17, 15) is 4.79 Å². The van der Waals surface area contributed by atoms with E-state index in [1.54, 1.807) is 7.11 Å². The molecule has 1 aromatic heterocycles. The number of benzene rings is 1. The van der Waals surface area contributed by atoms with Gasteiger partial charge in [-0.15, -0.1) is 0 Å². The summed E-state index contributed by atoms with van der Waals surface area (Å²) in [6.45, 7) is 1.83. The van der Waals surface area contributed by atoms with Gasteiger partial charge in [0.25, 0.3) is 0 Å². The smallest absolute Gasteiger partial charge is 0.227 e. The second-order valence-electron chi connectivity index (χ2n) is 6.46. The van der Waals surface area contributed by atoms with Crippen molar-refractivity contribution < 1.29 is 9.53 Å². The third-order valence-corrected chi connectivity index (χ3v) is 4.83. The first-order chi connectivity index (χ1) is 12.2. The van der Waals surface area contributed by atoms with E-state index in [1.165, 1.54) is 0 Å². The zero-order valence-corrected chi connectivity index (χ0v) is 14.9. The first-order valence-corrected chi connectivity index (χ1v) is 8.72. The number of amides is 1. The number of hydrogen-bond acceptors (Lipinski definition) is 4. The molecule has 1 saturated heterocycles. The summed E-state index contributed by atoms with van der Waals surface area (Å²) in [6.07, 6.45) is 4.34. The molecule has 0 spiro atoms. The lowest BCUT2D eigenvalue weighted by molar-refractivity contribution is -0.131. The number of aromatic nitrogens is 1. The maximum atomic E-state index is 12.7. The molecule has 0 saturated carbocycles. The fourth-order valence-electron chi connectivity index (χ4n) is 3.27. The van der Waals surface area contributed by atoms with Crippen LogP contribution in [-0.2, 0) is 11.2 Å². The van der Waals surface area contributed by atoms with Gasteiger partial charge in [-0.25, -0.2) is 4.98 Å². The maximum absolute atomic E-state index is 12.7. The van der Waals surface area contributed by atoms with E-state index in [2.05, 4.69) is 9.88 Å². The lowest BCUT2D eigenvalue weighted by Gasteiger charge is -2.38. The second kappa shape index (κ2) is 8.01. The Hall–Kier alpha value is -2.56. The van der Waals surface area contributed by atoms with Gasteiger partial charge in [0.2, 0.25) is 5.91 Å². The van der Waals surface area contributed by atoms with Gasteiger partial charge in [0.1, 0.15) is 11.6 Å². The molecule has 5 nitrogen and oxygen atoms in total. The van der Waals surface area contributed by atoms with Crippen molar-refractivity contribution in [3.63, 3.8) is 0 Å². The Balaban J connectivity index is 1.61. The van der Waals surface area contributed by atoms with Crippen LogP contribution in [0.3, 0.4) is 0 Å². The Kier molecular flexibility index (Phi) is 5.53. The molecule has 2 heterocycles. The zero-order valence-electron chi connectivity index (χ0n) is 14.9. The molecule has 1 aromatic carbocycles. The molecule has 0 bridgehead atoms. The van der Waals surface area contributed by atoms with Crippen molar-refractivity contribution in [3.05, 3.63) is 54.2 Å². The van der Waals surface area contributed by atoms with Crippen molar-refractivity contribution in [2.75, 3.05) is 32.1 Å². The third kappa shape index (κ3) is 4.29. The van der Waals surface area contributed by atoms with Crippen molar-refractivity contribution in [1.82, 2.24) is 9.88 Å². The van der Waals surface area contributed by atoms with Crippen molar-refractivity contribution in [2.24, 2.45) is 0 Å². The summed E-state index contributed by atoms with van der Waals surface area (Å²) in [5.41, 5.74) is 1.01. The number of likely N-dealkylation sites (N-methyl/N-ethyl adjacent to an activating group) is 1. The minimum absolute atomic E-state index is 0.151. The van der Waals surface area contributed by atoms with E-state index >= 15 is 0 Å². The van der Waals surface area contributed by atoms with E-state index in [4.69, 9.17) is 4.74 Å². The molecule has 1 atom stereocenters. The fraction of sp³-hybridized carbons (Fsp3) is 0.400. The standard InChI is InChI=1S/C20H25N3O2/c1-22(20(24)14-16-8-10-18(25-2)11-9-16)17-6-5-13-23(15-17)19-7-3-4-12-21-19/h3-4,7-12,17H,5-6,13-15H2,1-2H3/t17-/m0/s1. The number of carbonyl (C=O) groups excluding carboxylic acids is 1. The number of nitrogens with zero attached hydrogens (tertiary/aromatic N) is 3. The monoisotopic (exact) mass is 339 g/mol. The van der Waals surface area contributed by atoms with Crippen LogP contribution in [0.15, 0.2) is 48.7 Å². The average molecular weight is 339 g/mol. The molecule has 0 aliphatic carbocycles. The van der Waals surface area contributed by atoms with Gasteiger partial charge in [-0.1, -0.05) is 18.2 Å². The molecule has 2 aromatic rings. The highest BCUT2D eigenvalue weighted by molar-refractivity contribution is 5.79. The molecule has 3 rings (SSSR count). The molecule has 0 unspecified atom stereocenters. The summed E-state index contributed by atoms with van der Waals surface area (Å²) in [5, 5.41) is 0. The van der Waals surface area contributed by atoms with Crippen LogP contribution in [0, 0.1) is 0 Å². The topological polar surface area (TPSA) is 45.7 Å². The SMILES string of the molecule is COc1ccc(CC(=O)N(C)[C@H]2CCCN(c3ccccn3)C2)cc1. The number of pyridine rings is 1. The highest BCUT2D eigenvalue weighted by atomic mass is 16.5. The predicted molar refractivity (Wildman–Crippen MR) is 98.9 cm³/mol. The maximum Gasteiger partial charge on any atom is 0.227 e. The van der Waals surface area contributed by atoms with Crippen molar-refractivity contribution in [2.45, 2.75) is 25.3 Å². The summed E-state index contributed by atoms with van der Waals surface area (Å²) in [4.78, 5) is 21.3. The Morgan fingerprint density at radius 1 is 1.28 bits per heavy atom. The average Bonchev–Trinajstić information content (AvgIpc) is 2.68. The van der Waals surface area contributed by atoms with Crippen LogP contribution < -0.4 is 9.64 Å². The van der Waals surface area contributed by atoms with Crippen LogP contribution in [0.5, 0.6) is 5.75 Å². The van der Waals surface area contributed by atoms with Gasteiger partial charge in [0, 0.05) is 32.4 Å². The predicted octanol–water partition coefficient (Wildman–Crippen LogP) is 2.76. The van der Waals surface area contributed by atoms with Crippen LogP contribution in [-0.4, -0.2) is 49.1 Å². The highest BCUT2D eigenvalue weighted by Gasteiger charge is 2.26. The van der Waals surface area contributed by atoms with Gasteiger partial charge in [-0.3, -0.25) is 4.79 Å². The zero-order chi connectivity index (χ0) is 17.6. The molecular weight excluding hydrogens is 314 g/mol. The summed E-state index contributed by atoms with van der Waals surface area (Å²) in [7, 11) is 3.56. The summed E-state index contributed by atoms with van der Waals surface area (Å²) in [6, 6.07) is 13.9. The van der Waals surface area contributed by atoms with Gasteiger partial charge >= 0.3 is 0 Å². The first kappa shape index (κ1) is 17.3. The molecule has 25 heavy (non-hydrogen) atoms.